The van der Waals surface area contributed by atoms with Crippen molar-refractivity contribution >= 4 is 23.3 Å². The molecule has 1 aliphatic carbocycles. The third-order valence-corrected chi connectivity index (χ3v) is 4.92. The third-order valence-electron chi connectivity index (χ3n) is 4.55. The van der Waals surface area contributed by atoms with Crippen LogP contribution in [-0.4, -0.2) is 40.7 Å². The zero-order valence-electron chi connectivity index (χ0n) is 15.5. The number of halogens is 1. The van der Waals surface area contributed by atoms with Crippen LogP contribution in [0.3, 0.4) is 0 Å². The number of benzene rings is 1. The van der Waals surface area contributed by atoms with Crippen LogP contribution >= 0.6 is 11.6 Å². The number of aromatic hydroxyl groups is 1. The van der Waals surface area contributed by atoms with Gasteiger partial charge >= 0.3 is 11.7 Å². The quantitative estimate of drug-likeness (QED) is 0.430. The third kappa shape index (κ3) is 3.64. The van der Waals surface area contributed by atoms with E-state index in [1.165, 1.54) is 4.52 Å². The Hall–Kier alpha value is -3.66. The second-order valence-corrected chi connectivity index (χ2v) is 7.27. The summed E-state index contributed by atoms with van der Waals surface area (Å²) in [5.74, 6) is -0.272. The number of rotatable bonds is 5. The number of hydrogen-bond donors (Lipinski definition) is 3. The Morgan fingerprint density at radius 2 is 2.13 bits per heavy atom. The first kappa shape index (κ1) is 18.4. The van der Waals surface area contributed by atoms with Gasteiger partial charge in [-0.05, 0) is 25.0 Å². The number of imidazole rings is 1. The van der Waals surface area contributed by atoms with E-state index in [1.807, 2.05) is 18.2 Å². The van der Waals surface area contributed by atoms with E-state index in [0.29, 0.717) is 21.5 Å². The van der Waals surface area contributed by atoms with Crippen molar-refractivity contribution < 1.29 is 9.84 Å². The van der Waals surface area contributed by atoms with E-state index in [1.54, 1.807) is 18.3 Å². The summed E-state index contributed by atoms with van der Waals surface area (Å²) in [5, 5.41) is 15.3. The van der Waals surface area contributed by atoms with Gasteiger partial charge in [-0.3, -0.25) is 4.98 Å². The SMILES string of the molecule is O=c1[nH]c(O)c(/C=c2/cnn3c(=NC4CC4)nc(OCc4ccccc4Cl)nc23)[nH]1. The van der Waals surface area contributed by atoms with Gasteiger partial charge in [0.15, 0.2) is 5.65 Å². The number of fused-ring (bicyclic) bond motifs is 1. The lowest BCUT2D eigenvalue weighted by atomic mass is 10.2. The van der Waals surface area contributed by atoms with Crippen molar-refractivity contribution in [3.05, 3.63) is 68.1 Å². The average molecular weight is 426 g/mol. The van der Waals surface area contributed by atoms with Crippen LogP contribution in [0.4, 0.5) is 0 Å². The van der Waals surface area contributed by atoms with Crippen LogP contribution in [0.15, 0.2) is 40.2 Å². The Morgan fingerprint density at radius 3 is 2.87 bits per heavy atom. The van der Waals surface area contributed by atoms with E-state index in [9.17, 15) is 9.90 Å². The first-order valence-corrected chi connectivity index (χ1v) is 9.63. The minimum absolute atomic E-state index is 0.128. The number of nitrogens with one attached hydrogen (secondary N) is 2. The fourth-order valence-corrected chi connectivity index (χ4v) is 3.07. The van der Waals surface area contributed by atoms with Gasteiger partial charge in [-0.25, -0.2) is 9.79 Å². The number of aromatic amines is 2. The van der Waals surface area contributed by atoms with E-state index in [2.05, 4.69) is 30.0 Å². The van der Waals surface area contributed by atoms with Crippen LogP contribution in [0.5, 0.6) is 11.9 Å². The zero-order chi connectivity index (χ0) is 20.7. The molecular formula is C19H16ClN7O3. The molecule has 5 rings (SSSR count). The first-order valence-electron chi connectivity index (χ1n) is 9.25. The Bertz CT molecular complexity index is 1420. The highest BCUT2D eigenvalue weighted by Gasteiger charge is 2.21. The smallest absolute Gasteiger partial charge is 0.326 e. The first-order chi connectivity index (χ1) is 14.6. The predicted octanol–water partition coefficient (Wildman–Crippen LogP) is 0.689. The highest BCUT2D eigenvalue weighted by atomic mass is 35.5. The highest BCUT2D eigenvalue weighted by molar-refractivity contribution is 6.31. The largest absolute Gasteiger partial charge is 0.493 e. The summed E-state index contributed by atoms with van der Waals surface area (Å²) in [4.78, 5) is 29.6. The molecule has 0 atom stereocenters. The van der Waals surface area contributed by atoms with Crippen LogP contribution in [0.2, 0.25) is 5.02 Å². The van der Waals surface area contributed by atoms with Gasteiger partial charge in [-0.1, -0.05) is 29.8 Å². The molecule has 0 radical (unpaired) electrons. The standard InChI is InChI=1S/C19H16ClN7O3/c20-13-4-2-1-3-10(13)9-30-19-24-15-11(7-14-16(28)25-18(29)23-14)8-21-27(15)17(26-19)22-12-5-6-12/h1-4,7-8,12,28H,5-6,9H2,(H2,23,25,29)/b11-7-,22-17?. The van der Waals surface area contributed by atoms with Gasteiger partial charge in [0.25, 0.3) is 5.62 Å². The molecule has 1 fully saturated rings. The fraction of sp³-hybridized carbons (Fsp3) is 0.211. The number of ether oxygens (including phenoxy) is 1. The Morgan fingerprint density at radius 1 is 1.30 bits per heavy atom. The number of nitrogens with zero attached hydrogens (tertiary/aromatic N) is 5. The molecule has 10 nitrogen and oxygen atoms in total. The number of aromatic nitrogens is 6. The monoisotopic (exact) mass is 425 g/mol. The molecule has 0 unspecified atom stereocenters. The molecule has 0 spiro atoms. The highest BCUT2D eigenvalue weighted by Crippen LogP contribution is 2.22. The zero-order valence-corrected chi connectivity index (χ0v) is 16.3. The predicted molar refractivity (Wildman–Crippen MR) is 107 cm³/mol. The van der Waals surface area contributed by atoms with Crippen LogP contribution in [0.1, 0.15) is 24.1 Å². The average Bonchev–Trinajstić information content (AvgIpc) is 3.36. The van der Waals surface area contributed by atoms with Gasteiger partial charge in [0.1, 0.15) is 12.3 Å². The van der Waals surface area contributed by atoms with Crippen molar-refractivity contribution in [1.29, 1.82) is 0 Å². The van der Waals surface area contributed by atoms with Gasteiger partial charge in [0.05, 0.1) is 12.2 Å². The van der Waals surface area contributed by atoms with E-state index in [-0.39, 0.29) is 30.2 Å². The lowest BCUT2D eigenvalue weighted by Crippen LogP contribution is -2.23. The molecule has 0 aliphatic heterocycles. The summed E-state index contributed by atoms with van der Waals surface area (Å²) < 4.78 is 7.30. The van der Waals surface area contributed by atoms with E-state index in [4.69, 9.17) is 16.3 Å². The summed E-state index contributed by atoms with van der Waals surface area (Å²) in [6.45, 7) is 0.192. The lowest BCUT2D eigenvalue weighted by Gasteiger charge is -2.06. The van der Waals surface area contributed by atoms with Crippen LogP contribution in [0, 0.1) is 0 Å². The van der Waals surface area contributed by atoms with E-state index < -0.39 is 5.69 Å². The molecule has 152 valence electrons. The molecule has 3 heterocycles. The molecule has 1 aliphatic rings. The second kappa shape index (κ2) is 7.30. The number of H-pyrrole nitrogens is 2. The molecule has 3 aromatic heterocycles. The second-order valence-electron chi connectivity index (χ2n) is 6.87. The van der Waals surface area contributed by atoms with Crippen molar-refractivity contribution in [3.8, 4) is 11.9 Å². The van der Waals surface area contributed by atoms with Crippen LogP contribution in [0.25, 0.3) is 11.7 Å². The van der Waals surface area contributed by atoms with Crippen molar-refractivity contribution in [2.45, 2.75) is 25.5 Å². The van der Waals surface area contributed by atoms with Crippen molar-refractivity contribution in [2.75, 3.05) is 0 Å². The Labute approximate surface area is 173 Å². The molecule has 1 aromatic carbocycles. The molecule has 1 saturated carbocycles. The normalized spacial score (nSPS) is 15.2. The van der Waals surface area contributed by atoms with Crippen molar-refractivity contribution in [2.24, 2.45) is 4.99 Å². The maximum absolute atomic E-state index is 11.4. The molecular weight excluding hydrogens is 410 g/mol. The summed E-state index contributed by atoms with van der Waals surface area (Å²) in [5.41, 5.74) is 1.31. The maximum Gasteiger partial charge on any atom is 0.326 e. The van der Waals surface area contributed by atoms with E-state index in [0.717, 1.165) is 18.4 Å². The van der Waals surface area contributed by atoms with Crippen molar-refractivity contribution in [1.82, 2.24) is 29.5 Å². The summed E-state index contributed by atoms with van der Waals surface area (Å²) in [7, 11) is 0. The minimum Gasteiger partial charge on any atom is -0.493 e. The molecule has 3 N–H and O–H groups in total. The van der Waals surface area contributed by atoms with Gasteiger partial charge in [-0.2, -0.15) is 19.6 Å². The lowest BCUT2D eigenvalue weighted by molar-refractivity contribution is 0.278. The maximum atomic E-state index is 11.4. The molecule has 0 bridgehead atoms. The minimum atomic E-state index is -0.516. The van der Waals surface area contributed by atoms with Gasteiger partial charge < -0.3 is 14.8 Å². The van der Waals surface area contributed by atoms with E-state index >= 15 is 0 Å². The van der Waals surface area contributed by atoms with Crippen molar-refractivity contribution in [3.63, 3.8) is 0 Å². The molecule has 11 heteroatoms. The van der Waals surface area contributed by atoms with Crippen LogP contribution in [-0.2, 0) is 6.61 Å². The topological polar surface area (TPSA) is 134 Å². The van der Waals surface area contributed by atoms with Crippen LogP contribution < -0.4 is 21.3 Å². The molecule has 0 amide bonds. The number of hydrogen-bond acceptors (Lipinski definition) is 7. The van der Waals surface area contributed by atoms with Gasteiger partial charge in [-0.15, -0.1) is 0 Å². The molecule has 0 saturated heterocycles. The fourth-order valence-electron chi connectivity index (χ4n) is 2.88. The summed E-state index contributed by atoms with van der Waals surface area (Å²) >= 11 is 6.19. The Balaban J connectivity index is 1.60. The van der Waals surface area contributed by atoms with Gasteiger partial charge in [0, 0.05) is 15.8 Å². The molecule has 30 heavy (non-hydrogen) atoms. The summed E-state index contributed by atoms with van der Waals surface area (Å²) in [6, 6.07) is 7.70. The molecule has 4 aromatic rings. The Kier molecular flexibility index (Phi) is 4.47. The summed E-state index contributed by atoms with van der Waals surface area (Å²) in [6.07, 6.45) is 5.11. The van der Waals surface area contributed by atoms with Gasteiger partial charge in [0.2, 0.25) is 5.88 Å².